The fourth-order valence-electron chi connectivity index (χ4n) is 2.93. The van der Waals surface area contributed by atoms with E-state index in [-0.39, 0.29) is 5.91 Å². The number of para-hydroxylation sites is 1. The zero-order valence-corrected chi connectivity index (χ0v) is 17.4. The summed E-state index contributed by atoms with van der Waals surface area (Å²) in [6, 6.07) is 25.5. The van der Waals surface area contributed by atoms with E-state index < -0.39 is 0 Å². The van der Waals surface area contributed by atoms with E-state index in [1.54, 1.807) is 23.5 Å². The molecule has 1 aliphatic heterocycles. The fourth-order valence-corrected chi connectivity index (χ4v) is 4.95. The Kier molecular flexibility index (Phi) is 6.54. The van der Waals surface area contributed by atoms with E-state index in [1.165, 1.54) is 0 Å². The molecule has 0 saturated carbocycles. The number of thioether (sulfide) groups is 2. The van der Waals surface area contributed by atoms with Crippen molar-refractivity contribution in [2.24, 2.45) is 4.99 Å². The van der Waals surface area contributed by atoms with Gasteiger partial charge in [-0.2, -0.15) is 0 Å². The molecular weight excluding hydrogens is 398 g/mol. The first-order chi connectivity index (χ1) is 14.3. The van der Waals surface area contributed by atoms with Crippen molar-refractivity contribution in [1.82, 2.24) is 0 Å². The van der Waals surface area contributed by atoms with Crippen LogP contribution in [-0.4, -0.2) is 22.6 Å². The molecule has 0 atom stereocenters. The molecule has 146 valence electrons. The van der Waals surface area contributed by atoms with E-state index in [4.69, 9.17) is 0 Å². The fraction of sp³-hybridized carbons (Fsp3) is 0.130. The average molecular weight is 420 g/mol. The average Bonchev–Trinajstić information content (AvgIpc) is 3.28. The van der Waals surface area contributed by atoms with Crippen LogP contribution in [0.3, 0.4) is 0 Å². The van der Waals surface area contributed by atoms with E-state index in [1.807, 2.05) is 78.9 Å². The standard InChI is InChI=1S/C23H21N3OS2/c27-22(21-9-5-4-6-17(21)16-29-23-24-14-15-28-23)26-20-12-10-19(11-13-20)25-18-7-2-1-3-8-18/h1-13,25H,14-16H2,(H,26,27). The third-order valence-corrected chi connectivity index (χ3v) is 6.68. The Hall–Kier alpha value is -2.70. The van der Waals surface area contributed by atoms with E-state index in [0.29, 0.717) is 5.56 Å². The molecule has 0 bridgehead atoms. The highest BCUT2D eigenvalue weighted by Gasteiger charge is 2.14. The Balaban J connectivity index is 1.40. The summed E-state index contributed by atoms with van der Waals surface area (Å²) in [5, 5.41) is 6.35. The minimum absolute atomic E-state index is 0.0917. The van der Waals surface area contributed by atoms with E-state index in [9.17, 15) is 4.79 Å². The predicted octanol–water partition coefficient (Wildman–Crippen LogP) is 6.02. The number of nitrogens with one attached hydrogen (secondary N) is 2. The maximum absolute atomic E-state index is 12.8. The van der Waals surface area contributed by atoms with E-state index in [2.05, 4.69) is 15.6 Å². The number of anilines is 3. The summed E-state index contributed by atoms with van der Waals surface area (Å²) in [7, 11) is 0. The van der Waals surface area contributed by atoms with Crippen molar-refractivity contribution in [3.8, 4) is 0 Å². The third kappa shape index (κ3) is 5.43. The van der Waals surface area contributed by atoms with Crippen LogP contribution >= 0.6 is 23.5 Å². The van der Waals surface area contributed by atoms with Crippen LogP contribution in [0.15, 0.2) is 83.9 Å². The van der Waals surface area contributed by atoms with E-state index in [0.717, 1.165) is 45.1 Å². The molecule has 2 N–H and O–H groups in total. The van der Waals surface area contributed by atoms with Gasteiger partial charge < -0.3 is 10.6 Å². The van der Waals surface area contributed by atoms with Gasteiger partial charge in [0.1, 0.15) is 4.38 Å². The van der Waals surface area contributed by atoms with Crippen molar-refractivity contribution >= 4 is 50.9 Å². The van der Waals surface area contributed by atoms with Gasteiger partial charge in [-0.25, -0.2) is 0 Å². The molecule has 0 fully saturated rings. The Morgan fingerprint density at radius 3 is 2.34 bits per heavy atom. The topological polar surface area (TPSA) is 53.5 Å². The summed E-state index contributed by atoms with van der Waals surface area (Å²) in [6.07, 6.45) is 0. The summed E-state index contributed by atoms with van der Waals surface area (Å²) >= 11 is 3.49. The highest BCUT2D eigenvalue weighted by Crippen LogP contribution is 2.27. The summed E-state index contributed by atoms with van der Waals surface area (Å²) in [4.78, 5) is 17.3. The van der Waals surface area contributed by atoms with Crippen molar-refractivity contribution in [3.05, 3.63) is 90.0 Å². The van der Waals surface area contributed by atoms with Gasteiger partial charge in [0, 0.05) is 34.1 Å². The second kappa shape index (κ2) is 9.67. The Labute approximate surface area is 179 Å². The van der Waals surface area contributed by atoms with Crippen molar-refractivity contribution in [3.63, 3.8) is 0 Å². The molecule has 1 heterocycles. The summed E-state index contributed by atoms with van der Waals surface area (Å²) in [5.74, 6) is 1.71. The molecule has 0 aromatic heterocycles. The Morgan fingerprint density at radius 1 is 0.897 bits per heavy atom. The van der Waals surface area contributed by atoms with Crippen LogP contribution in [0.2, 0.25) is 0 Å². The monoisotopic (exact) mass is 419 g/mol. The van der Waals surface area contributed by atoms with Crippen LogP contribution in [0, 0.1) is 0 Å². The van der Waals surface area contributed by atoms with Crippen molar-refractivity contribution in [2.45, 2.75) is 5.75 Å². The van der Waals surface area contributed by atoms with Crippen LogP contribution in [0.5, 0.6) is 0 Å². The van der Waals surface area contributed by atoms with Crippen molar-refractivity contribution in [1.29, 1.82) is 0 Å². The number of aliphatic imine (C=N–C) groups is 1. The molecule has 0 spiro atoms. The van der Waals surface area contributed by atoms with Crippen LogP contribution < -0.4 is 10.6 Å². The number of hydrogen-bond donors (Lipinski definition) is 2. The maximum Gasteiger partial charge on any atom is 0.255 e. The number of rotatable bonds is 6. The van der Waals surface area contributed by atoms with Gasteiger partial charge in [0.15, 0.2) is 0 Å². The molecule has 1 aliphatic rings. The number of nitrogens with zero attached hydrogens (tertiary/aromatic N) is 1. The first-order valence-corrected chi connectivity index (χ1v) is 11.4. The van der Waals surface area contributed by atoms with Crippen molar-refractivity contribution in [2.75, 3.05) is 22.9 Å². The first-order valence-electron chi connectivity index (χ1n) is 9.39. The number of hydrogen-bond acceptors (Lipinski definition) is 5. The lowest BCUT2D eigenvalue weighted by Crippen LogP contribution is -2.14. The Bertz CT molecular complexity index is 1000. The van der Waals surface area contributed by atoms with Crippen LogP contribution in [-0.2, 0) is 5.75 Å². The maximum atomic E-state index is 12.8. The highest BCUT2D eigenvalue weighted by molar-refractivity contribution is 8.38. The van der Waals surface area contributed by atoms with Crippen molar-refractivity contribution < 1.29 is 4.79 Å². The molecule has 3 aromatic rings. The molecule has 0 aliphatic carbocycles. The third-order valence-electron chi connectivity index (χ3n) is 4.38. The second-order valence-corrected chi connectivity index (χ2v) is 8.77. The number of amides is 1. The van der Waals surface area contributed by atoms with Gasteiger partial charge in [0.25, 0.3) is 5.91 Å². The minimum Gasteiger partial charge on any atom is -0.356 e. The van der Waals surface area contributed by atoms with Gasteiger partial charge in [-0.05, 0) is 48.0 Å². The molecule has 29 heavy (non-hydrogen) atoms. The van der Waals surface area contributed by atoms with Crippen LogP contribution in [0.25, 0.3) is 0 Å². The number of benzene rings is 3. The minimum atomic E-state index is -0.0917. The molecule has 4 nitrogen and oxygen atoms in total. The lowest BCUT2D eigenvalue weighted by atomic mass is 10.1. The lowest BCUT2D eigenvalue weighted by molar-refractivity contribution is 0.102. The van der Waals surface area contributed by atoms with Gasteiger partial charge in [-0.15, -0.1) is 0 Å². The van der Waals surface area contributed by atoms with Gasteiger partial charge in [-0.3, -0.25) is 9.79 Å². The van der Waals surface area contributed by atoms with Crippen LogP contribution in [0.1, 0.15) is 15.9 Å². The molecule has 6 heteroatoms. The van der Waals surface area contributed by atoms with Crippen LogP contribution in [0.4, 0.5) is 17.1 Å². The molecule has 0 radical (unpaired) electrons. The first kappa shape index (κ1) is 19.6. The van der Waals surface area contributed by atoms with Gasteiger partial charge in [-0.1, -0.05) is 59.9 Å². The molecule has 0 unspecified atom stereocenters. The SMILES string of the molecule is O=C(Nc1ccc(Nc2ccccc2)cc1)c1ccccc1CSC1=NCCS1. The molecule has 4 rings (SSSR count). The predicted molar refractivity (Wildman–Crippen MR) is 127 cm³/mol. The van der Waals surface area contributed by atoms with Gasteiger partial charge >= 0.3 is 0 Å². The summed E-state index contributed by atoms with van der Waals surface area (Å²) in [5.41, 5.74) is 4.50. The van der Waals surface area contributed by atoms with Gasteiger partial charge in [0.05, 0.1) is 6.54 Å². The highest BCUT2D eigenvalue weighted by atomic mass is 32.2. The second-order valence-electron chi connectivity index (χ2n) is 6.46. The quantitative estimate of drug-likeness (QED) is 0.513. The lowest BCUT2D eigenvalue weighted by Gasteiger charge is -2.11. The molecule has 0 saturated heterocycles. The smallest absolute Gasteiger partial charge is 0.255 e. The van der Waals surface area contributed by atoms with Gasteiger partial charge in [0.2, 0.25) is 0 Å². The normalized spacial score (nSPS) is 13.0. The zero-order valence-electron chi connectivity index (χ0n) is 15.8. The summed E-state index contributed by atoms with van der Waals surface area (Å²) < 4.78 is 1.11. The number of carbonyl (C=O) groups is 1. The number of carbonyl (C=O) groups excluding carboxylic acids is 1. The summed E-state index contributed by atoms with van der Waals surface area (Å²) in [6.45, 7) is 0.893. The van der Waals surface area contributed by atoms with E-state index >= 15 is 0 Å². The largest absolute Gasteiger partial charge is 0.356 e. The zero-order chi connectivity index (χ0) is 19.9. The molecular formula is C23H21N3OS2. The molecule has 3 aromatic carbocycles. The molecule has 1 amide bonds. The Morgan fingerprint density at radius 2 is 1.59 bits per heavy atom.